The fraction of sp³-hybridized carbons (Fsp3) is 0.368. The van der Waals surface area contributed by atoms with E-state index >= 15 is 0 Å². The molecule has 0 unspecified atom stereocenters. The zero-order valence-corrected chi connectivity index (χ0v) is 15.4. The number of hydrogen-bond donors (Lipinski definition) is 1. The molecule has 0 heterocycles. The summed E-state index contributed by atoms with van der Waals surface area (Å²) in [6.45, 7) is 7.28. The van der Waals surface area contributed by atoms with Crippen LogP contribution in [-0.4, -0.2) is 12.6 Å². The molecule has 0 aliphatic heterocycles. The zero-order chi connectivity index (χ0) is 16.9. The van der Waals surface area contributed by atoms with Crippen molar-refractivity contribution in [1.82, 2.24) is 5.32 Å². The Morgan fingerprint density at radius 3 is 2.38 bits per heavy atom. The van der Waals surface area contributed by atoms with Crippen molar-refractivity contribution < 1.29 is 13.9 Å². The third-order valence-electron chi connectivity index (χ3n) is 3.39. The Morgan fingerprint density at radius 1 is 1.04 bits per heavy atom. The zero-order valence-electron chi connectivity index (χ0n) is 14.6. The quantitative estimate of drug-likeness (QED) is 0.814. The third-order valence-corrected chi connectivity index (χ3v) is 3.39. The van der Waals surface area contributed by atoms with Crippen molar-refractivity contribution in [3.63, 3.8) is 0 Å². The molecule has 0 aromatic heterocycles. The molecule has 2 aromatic carbocycles. The van der Waals surface area contributed by atoms with Crippen LogP contribution in [0.25, 0.3) is 0 Å². The Labute approximate surface area is 149 Å². The van der Waals surface area contributed by atoms with Gasteiger partial charge in [-0.15, -0.1) is 12.4 Å². The van der Waals surface area contributed by atoms with E-state index in [9.17, 15) is 4.39 Å². The van der Waals surface area contributed by atoms with Gasteiger partial charge in [0, 0.05) is 17.6 Å². The highest BCUT2D eigenvalue weighted by atomic mass is 35.5. The van der Waals surface area contributed by atoms with Gasteiger partial charge in [0.1, 0.15) is 12.4 Å². The minimum absolute atomic E-state index is 0. The molecule has 0 atom stereocenters. The minimum atomic E-state index is -0.266. The summed E-state index contributed by atoms with van der Waals surface area (Å²) >= 11 is 0. The average molecular weight is 354 g/mol. The van der Waals surface area contributed by atoms with Gasteiger partial charge in [0.15, 0.2) is 11.5 Å². The first-order chi connectivity index (χ1) is 10.9. The van der Waals surface area contributed by atoms with Crippen LogP contribution >= 0.6 is 12.4 Å². The molecule has 132 valence electrons. The fourth-order valence-electron chi connectivity index (χ4n) is 2.08. The Kier molecular flexibility index (Phi) is 7.52. The van der Waals surface area contributed by atoms with Gasteiger partial charge in [0.25, 0.3) is 0 Å². The molecule has 0 fully saturated rings. The van der Waals surface area contributed by atoms with E-state index in [0.717, 1.165) is 12.1 Å². The first-order valence-electron chi connectivity index (χ1n) is 7.67. The summed E-state index contributed by atoms with van der Waals surface area (Å²) in [6.07, 6.45) is 0. The molecular weight excluding hydrogens is 329 g/mol. The lowest BCUT2D eigenvalue weighted by Gasteiger charge is -2.21. The summed E-state index contributed by atoms with van der Waals surface area (Å²) < 4.78 is 24.7. The van der Waals surface area contributed by atoms with Gasteiger partial charge in [-0.25, -0.2) is 4.39 Å². The second-order valence-corrected chi connectivity index (χ2v) is 6.47. The van der Waals surface area contributed by atoms with E-state index in [1.54, 1.807) is 25.3 Å². The molecule has 24 heavy (non-hydrogen) atoms. The van der Waals surface area contributed by atoms with Crippen molar-refractivity contribution in [3.8, 4) is 11.5 Å². The highest BCUT2D eigenvalue weighted by Gasteiger charge is 2.11. The summed E-state index contributed by atoms with van der Waals surface area (Å²) in [5.41, 5.74) is 1.68. The van der Waals surface area contributed by atoms with E-state index in [1.807, 2.05) is 18.2 Å². The van der Waals surface area contributed by atoms with Crippen molar-refractivity contribution in [2.45, 2.75) is 39.5 Å². The topological polar surface area (TPSA) is 30.5 Å². The molecule has 2 aromatic rings. The number of nitrogens with one attached hydrogen (secondary N) is 1. The van der Waals surface area contributed by atoms with Crippen LogP contribution in [0.2, 0.25) is 0 Å². The molecule has 0 saturated heterocycles. The second kappa shape index (κ2) is 8.90. The molecule has 0 aliphatic carbocycles. The van der Waals surface area contributed by atoms with Crippen LogP contribution in [0.4, 0.5) is 4.39 Å². The SMILES string of the molecule is COc1cc(CNC(C)(C)C)ccc1OCc1ccccc1F.Cl. The van der Waals surface area contributed by atoms with Crippen LogP contribution in [0.3, 0.4) is 0 Å². The standard InChI is InChI=1S/C19H24FNO2.ClH/c1-19(2,3)21-12-14-9-10-17(18(11-14)22-4)23-13-15-7-5-6-8-16(15)20;/h5-11,21H,12-13H2,1-4H3;1H. The maximum Gasteiger partial charge on any atom is 0.161 e. The van der Waals surface area contributed by atoms with Gasteiger partial charge in [0.05, 0.1) is 7.11 Å². The second-order valence-electron chi connectivity index (χ2n) is 6.47. The largest absolute Gasteiger partial charge is 0.493 e. The van der Waals surface area contributed by atoms with Gasteiger partial charge in [0.2, 0.25) is 0 Å². The van der Waals surface area contributed by atoms with Crippen molar-refractivity contribution >= 4 is 12.4 Å². The predicted molar refractivity (Wildman–Crippen MR) is 97.6 cm³/mol. The molecular formula is C19H25ClFNO2. The maximum absolute atomic E-state index is 13.6. The van der Waals surface area contributed by atoms with E-state index < -0.39 is 0 Å². The number of methoxy groups -OCH3 is 1. The Hall–Kier alpha value is -1.78. The lowest BCUT2D eigenvalue weighted by Crippen LogP contribution is -2.35. The fourth-order valence-corrected chi connectivity index (χ4v) is 2.08. The van der Waals surface area contributed by atoms with Crippen molar-refractivity contribution in [2.75, 3.05) is 7.11 Å². The van der Waals surface area contributed by atoms with Crippen molar-refractivity contribution in [1.29, 1.82) is 0 Å². The summed E-state index contributed by atoms with van der Waals surface area (Å²) in [7, 11) is 1.60. The monoisotopic (exact) mass is 353 g/mol. The molecule has 0 bridgehead atoms. The lowest BCUT2D eigenvalue weighted by molar-refractivity contribution is 0.279. The van der Waals surface area contributed by atoms with Gasteiger partial charge in [-0.2, -0.15) is 0 Å². The Bertz CT molecular complexity index is 656. The van der Waals surface area contributed by atoms with Crippen LogP contribution in [0, 0.1) is 5.82 Å². The Morgan fingerprint density at radius 2 is 1.75 bits per heavy atom. The smallest absolute Gasteiger partial charge is 0.161 e. The van der Waals surface area contributed by atoms with Crippen LogP contribution < -0.4 is 14.8 Å². The third kappa shape index (κ3) is 6.02. The van der Waals surface area contributed by atoms with Gasteiger partial charge < -0.3 is 14.8 Å². The van der Waals surface area contributed by atoms with Gasteiger partial charge in [-0.05, 0) is 44.5 Å². The summed E-state index contributed by atoms with van der Waals surface area (Å²) in [4.78, 5) is 0. The van der Waals surface area contributed by atoms with Crippen LogP contribution in [-0.2, 0) is 13.2 Å². The molecule has 3 nitrogen and oxygen atoms in total. The molecule has 0 radical (unpaired) electrons. The molecule has 0 aliphatic rings. The number of rotatable bonds is 6. The highest BCUT2D eigenvalue weighted by Crippen LogP contribution is 2.29. The molecule has 2 rings (SSSR count). The lowest BCUT2D eigenvalue weighted by atomic mass is 10.1. The summed E-state index contributed by atoms with van der Waals surface area (Å²) in [5.74, 6) is 0.988. The molecule has 1 N–H and O–H groups in total. The van der Waals surface area contributed by atoms with E-state index in [0.29, 0.717) is 17.1 Å². The predicted octanol–water partition coefficient (Wildman–Crippen LogP) is 4.72. The van der Waals surface area contributed by atoms with Gasteiger partial charge in [-0.3, -0.25) is 0 Å². The first-order valence-corrected chi connectivity index (χ1v) is 7.67. The summed E-state index contributed by atoms with van der Waals surface area (Å²) in [6, 6.07) is 12.4. The van der Waals surface area contributed by atoms with Crippen molar-refractivity contribution in [3.05, 3.63) is 59.4 Å². The molecule has 5 heteroatoms. The van der Waals surface area contributed by atoms with Crippen LogP contribution in [0.5, 0.6) is 11.5 Å². The highest BCUT2D eigenvalue weighted by molar-refractivity contribution is 5.85. The molecule has 0 amide bonds. The molecule has 0 spiro atoms. The van der Waals surface area contributed by atoms with Gasteiger partial charge >= 0.3 is 0 Å². The number of benzene rings is 2. The molecule has 0 saturated carbocycles. The number of ether oxygens (including phenoxy) is 2. The van der Waals surface area contributed by atoms with Gasteiger partial charge in [-0.1, -0.05) is 24.3 Å². The Balaban J connectivity index is 0.00000288. The normalized spacial score (nSPS) is 10.9. The first kappa shape index (κ1) is 20.3. The van der Waals surface area contributed by atoms with Crippen LogP contribution in [0.15, 0.2) is 42.5 Å². The van der Waals surface area contributed by atoms with E-state index in [-0.39, 0.29) is 30.4 Å². The minimum Gasteiger partial charge on any atom is -0.493 e. The van der Waals surface area contributed by atoms with Crippen molar-refractivity contribution in [2.24, 2.45) is 0 Å². The number of halogens is 2. The van der Waals surface area contributed by atoms with E-state index in [1.165, 1.54) is 6.07 Å². The van der Waals surface area contributed by atoms with E-state index in [2.05, 4.69) is 26.1 Å². The average Bonchev–Trinajstić information content (AvgIpc) is 2.52. The number of hydrogen-bond acceptors (Lipinski definition) is 3. The van der Waals surface area contributed by atoms with Crippen LogP contribution in [0.1, 0.15) is 31.9 Å². The van der Waals surface area contributed by atoms with E-state index in [4.69, 9.17) is 9.47 Å². The maximum atomic E-state index is 13.6. The summed E-state index contributed by atoms with van der Waals surface area (Å²) in [5, 5.41) is 3.43.